The molecule has 1 aliphatic carbocycles. The minimum atomic E-state index is -0.257. The van der Waals surface area contributed by atoms with Gasteiger partial charge >= 0.3 is 0 Å². The minimum Gasteiger partial charge on any atom is -0.392 e. The molecule has 0 aliphatic heterocycles. The van der Waals surface area contributed by atoms with Gasteiger partial charge < -0.3 is 5.11 Å². The number of benzene rings is 1. The highest BCUT2D eigenvalue weighted by Crippen LogP contribution is 2.47. The van der Waals surface area contributed by atoms with Crippen molar-refractivity contribution < 1.29 is 5.11 Å². The molecule has 0 radical (unpaired) electrons. The van der Waals surface area contributed by atoms with Gasteiger partial charge in [0, 0.05) is 16.7 Å². The van der Waals surface area contributed by atoms with Gasteiger partial charge in [-0.25, -0.2) is 0 Å². The van der Waals surface area contributed by atoms with Gasteiger partial charge in [-0.15, -0.1) is 11.3 Å². The molecule has 2 heteroatoms. The van der Waals surface area contributed by atoms with Crippen molar-refractivity contribution in [2.24, 2.45) is 0 Å². The zero-order valence-corrected chi connectivity index (χ0v) is 11.2. The fraction of sp³-hybridized carbons (Fsp3) is 0.375. The average molecular weight is 258 g/mol. The molecule has 18 heavy (non-hydrogen) atoms. The minimum absolute atomic E-state index is 0.00521. The van der Waals surface area contributed by atoms with Gasteiger partial charge in [-0.1, -0.05) is 42.8 Å². The van der Waals surface area contributed by atoms with Crippen LogP contribution in [0.25, 0.3) is 0 Å². The van der Waals surface area contributed by atoms with Gasteiger partial charge in [0.2, 0.25) is 0 Å². The second kappa shape index (κ2) is 4.87. The number of hydrogen-bond acceptors (Lipinski definition) is 2. The molecule has 1 atom stereocenters. The van der Waals surface area contributed by atoms with Gasteiger partial charge in [0.1, 0.15) is 0 Å². The molecule has 3 rings (SSSR count). The Labute approximate surface area is 112 Å². The fourth-order valence-corrected chi connectivity index (χ4v) is 3.70. The Kier molecular flexibility index (Phi) is 3.23. The summed E-state index contributed by atoms with van der Waals surface area (Å²) < 4.78 is 0. The zero-order valence-electron chi connectivity index (χ0n) is 10.4. The molecule has 0 amide bonds. The summed E-state index contributed by atoms with van der Waals surface area (Å²) in [6.45, 7) is 0. The lowest BCUT2D eigenvalue weighted by molar-refractivity contribution is 0.0291. The third-order valence-electron chi connectivity index (χ3n) is 4.21. The van der Waals surface area contributed by atoms with Crippen molar-refractivity contribution in [3.63, 3.8) is 0 Å². The van der Waals surface area contributed by atoms with Gasteiger partial charge in [-0.05, 0) is 29.9 Å². The summed E-state index contributed by atoms with van der Waals surface area (Å²) in [5.41, 5.74) is 1.31. The second-order valence-electron chi connectivity index (χ2n) is 5.18. The monoisotopic (exact) mass is 258 g/mol. The number of aliphatic hydroxyl groups is 1. The first-order valence-corrected chi connectivity index (χ1v) is 7.45. The molecule has 0 spiro atoms. The Morgan fingerprint density at radius 1 is 1.11 bits per heavy atom. The topological polar surface area (TPSA) is 20.2 Å². The van der Waals surface area contributed by atoms with Crippen molar-refractivity contribution in [2.45, 2.75) is 37.2 Å². The highest BCUT2D eigenvalue weighted by Gasteiger charge is 2.44. The Morgan fingerprint density at radius 3 is 2.44 bits per heavy atom. The maximum absolute atomic E-state index is 10.7. The Bertz CT molecular complexity index is 485. The average Bonchev–Trinajstić information content (AvgIpc) is 2.82. The van der Waals surface area contributed by atoms with E-state index in [1.807, 2.05) is 6.07 Å². The van der Waals surface area contributed by atoms with Crippen LogP contribution in [-0.4, -0.2) is 11.2 Å². The van der Waals surface area contributed by atoms with Crippen LogP contribution in [-0.2, 0) is 11.8 Å². The summed E-state index contributed by atoms with van der Waals surface area (Å²) in [7, 11) is 0. The van der Waals surface area contributed by atoms with E-state index in [0.29, 0.717) is 0 Å². The highest BCUT2D eigenvalue weighted by molar-refractivity contribution is 7.09. The van der Waals surface area contributed by atoms with E-state index < -0.39 is 0 Å². The van der Waals surface area contributed by atoms with Gasteiger partial charge in [0.25, 0.3) is 0 Å². The lowest BCUT2D eigenvalue weighted by Gasteiger charge is -2.46. The Hall–Kier alpha value is -1.12. The van der Waals surface area contributed by atoms with Gasteiger partial charge in [0.05, 0.1) is 6.10 Å². The highest BCUT2D eigenvalue weighted by atomic mass is 32.1. The lowest BCUT2D eigenvalue weighted by Crippen LogP contribution is -2.46. The molecule has 0 bridgehead atoms. The molecule has 1 aliphatic rings. The summed E-state index contributed by atoms with van der Waals surface area (Å²) in [5, 5.41) is 12.7. The predicted octanol–water partition coefficient (Wildman–Crippen LogP) is 3.77. The number of thiophene rings is 1. The first kappa shape index (κ1) is 11.9. The maximum Gasteiger partial charge on any atom is 0.0684 e. The van der Waals surface area contributed by atoms with E-state index >= 15 is 0 Å². The summed E-state index contributed by atoms with van der Waals surface area (Å²) in [5.74, 6) is 0. The van der Waals surface area contributed by atoms with E-state index in [1.54, 1.807) is 11.3 Å². The van der Waals surface area contributed by atoms with Gasteiger partial charge in [0.15, 0.2) is 0 Å². The molecule has 1 nitrogen and oxygen atoms in total. The zero-order chi connectivity index (χ0) is 12.4. The molecular weight excluding hydrogens is 240 g/mol. The van der Waals surface area contributed by atoms with Gasteiger partial charge in [-0.3, -0.25) is 0 Å². The predicted molar refractivity (Wildman–Crippen MR) is 76.0 cm³/mol. The van der Waals surface area contributed by atoms with Crippen LogP contribution in [0.1, 0.15) is 29.7 Å². The molecule has 1 aromatic heterocycles. The van der Waals surface area contributed by atoms with Crippen LogP contribution in [0.3, 0.4) is 0 Å². The summed E-state index contributed by atoms with van der Waals surface area (Å²) in [4.78, 5) is 1.28. The largest absolute Gasteiger partial charge is 0.392 e. The first-order valence-electron chi connectivity index (χ1n) is 6.57. The van der Waals surface area contributed by atoms with E-state index in [-0.39, 0.29) is 11.5 Å². The number of aliphatic hydroxyl groups excluding tert-OH is 1. The van der Waals surface area contributed by atoms with E-state index in [1.165, 1.54) is 16.9 Å². The van der Waals surface area contributed by atoms with Crippen LogP contribution in [0.4, 0.5) is 0 Å². The van der Waals surface area contributed by atoms with Crippen LogP contribution in [0.15, 0.2) is 47.8 Å². The molecular formula is C16H18OS. The quantitative estimate of drug-likeness (QED) is 0.885. The van der Waals surface area contributed by atoms with Crippen molar-refractivity contribution in [3.05, 3.63) is 58.3 Å². The normalized spacial score (nSPS) is 19.2. The van der Waals surface area contributed by atoms with Crippen LogP contribution in [0.2, 0.25) is 0 Å². The molecule has 94 valence electrons. The summed E-state index contributed by atoms with van der Waals surface area (Å²) in [6, 6.07) is 14.7. The van der Waals surface area contributed by atoms with Gasteiger partial charge in [-0.2, -0.15) is 0 Å². The standard InChI is InChI=1S/C16H18OS/c17-15(12-14-8-4-11-18-14)16(9-5-10-16)13-6-2-1-3-7-13/h1-4,6-8,11,15,17H,5,9-10,12H2. The van der Waals surface area contributed by atoms with Crippen molar-refractivity contribution in [1.82, 2.24) is 0 Å². The molecule has 1 saturated carbocycles. The van der Waals surface area contributed by atoms with Crippen molar-refractivity contribution in [3.8, 4) is 0 Å². The summed E-state index contributed by atoms with van der Waals surface area (Å²) >= 11 is 1.74. The van der Waals surface area contributed by atoms with Crippen LogP contribution >= 0.6 is 11.3 Å². The number of rotatable bonds is 4. The van der Waals surface area contributed by atoms with Crippen molar-refractivity contribution in [2.75, 3.05) is 0 Å². The number of hydrogen-bond donors (Lipinski definition) is 1. The van der Waals surface area contributed by atoms with Crippen LogP contribution in [0, 0.1) is 0 Å². The van der Waals surface area contributed by atoms with E-state index in [0.717, 1.165) is 19.3 Å². The van der Waals surface area contributed by atoms with E-state index in [4.69, 9.17) is 0 Å². The van der Waals surface area contributed by atoms with Crippen LogP contribution in [0.5, 0.6) is 0 Å². The Morgan fingerprint density at radius 2 is 1.89 bits per heavy atom. The maximum atomic E-state index is 10.7. The van der Waals surface area contributed by atoms with E-state index in [9.17, 15) is 5.11 Å². The lowest BCUT2D eigenvalue weighted by atomic mass is 9.60. The van der Waals surface area contributed by atoms with Crippen LogP contribution < -0.4 is 0 Å². The molecule has 1 aromatic carbocycles. The third-order valence-corrected chi connectivity index (χ3v) is 5.11. The van der Waals surface area contributed by atoms with Crippen molar-refractivity contribution in [1.29, 1.82) is 0 Å². The molecule has 1 unspecified atom stereocenters. The molecule has 0 saturated heterocycles. The molecule has 1 N–H and O–H groups in total. The van der Waals surface area contributed by atoms with E-state index in [2.05, 4.69) is 41.8 Å². The molecule has 1 fully saturated rings. The molecule has 1 heterocycles. The fourth-order valence-electron chi connectivity index (χ4n) is 2.96. The molecule has 2 aromatic rings. The van der Waals surface area contributed by atoms with Crippen molar-refractivity contribution >= 4 is 11.3 Å². The smallest absolute Gasteiger partial charge is 0.0684 e. The third kappa shape index (κ3) is 2.00. The summed E-state index contributed by atoms with van der Waals surface area (Å²) in [6.07, 6.45) is 3.99. The first-order chi connectivity index (χ1) is 8.81. The SMILES string of the molecule is OC(Cc1cccs1)C1(c2ccccc2)CCC1. The second-order valence-corrected chi connectivity index (χ2v) is 6.21. The Balaban J connectivity index is 1.83.